The van der Waals surface area contributed by atoms with E-state index < -0.39 is 27.8 Å². The lowest BCUT2D eigenvalue weighted by Crippen LogP contribution is -2.48. The van der Waals surface area contributed by atoms with Crippen LogP contribution < -0.4 is 20.0 Å². The lowest BCUT2D eigenvalue weighted by Gasteiger charge is -2.29. The number of nitrogens with two attached hydrogens (primary N) is 1. The first-order chi connectivity index (χ1) is 17.6. The minimum Gasteiger partial charge on any atom is -0.497 e. The highest BCUT2D eigenvalue weighted by Crippen LogP contribution is 2.39. The fraction of sp³-hybridized carbons (Fsp3) is 0.269. The number of benzene rings is 3. The molecule has 37 heavy (non-hydrogen) atoms. The molecule has 11 heteroatoms. The van der Waals surface area contributed by atoms with Crippen molar-refractivity contribution in [2.24, 2.45) is 5.73 Å². The summed E-state index contributed by atoms with van der Waals surface area (Å²) >= 11 is 0. The lowest BCUT2D eigenvalue weighted by molar-refractivity contribution is -0.131. The number of methoxy groups -OCH3 is 2. The number of rotatable bonds is 9. The van der Waals surface area contributed by atoms with E-state index in [-0.39, 0.29) is 24.0 Å². The van der Waals surface area contributed by atoms with Gasteiger partial charge in [-0.25, -0.2) is 4.39 Å². The van der Waals surface area contributed by atoms with Gasteiger partial charge in [0.25, 0.3) is 5.91 Å². The average Bonchev–Trinajstić information content (AvgIpc) is 3.13. The summed E-state index contributed by atoms with van der Waals surface area (Å²) in [5.41, 5.74) is 6.66. The van der Waals surface area contributed by atoms with Crippen LogP contribution in [0.25, 0.3) is 11.1 Å². The molecule has 0 radical (unpaired) electrons. The van der Waals surface area contributed by atoms with Gasteiger partial charge in [-0.15, -0.1) is 0 Å². The summed E-state index contributed by atoms with van der Waals surface area (Å²) in [6.07, 6.45) is -0.796. The molecule has 0 saturated carbocycles. The normalized spacial score (nSPS) is 19.8. The van der Waals surface area contributed by atoms with Crippen LogP contribution in [0, 0.1) is 5.82 Å². The third-order valence-electron chi connectivity index (χ3n) is 6.25. The third kappa shape index (κ3) is 5.16. The van der Waals surface area contributed by atoms with Crippen molar-refractivity contribution < 1.29 is 31.3 Å². The van der Waals surface area contributed by atoms with Crippen molar-refractivity contribution in [1.82, 2.24) is 10.2 Å². The van der Waals surface area contributed by atoms with Gasteiger partial charge in [0.2, 0.25) is 0 Å². The largest absolute Gasteiger partial charge is 0.497 e. The summed E-state index contributed by atoms with van der Waals surface area (Å²) < 4.78 is 54.2. The second kappa shape index (κ2) is 10.5. The molecule has 3 aromatic rings. The van der Waals surface area contributed by atoms with Crippen LogP contribution in [-0.4, -0.2) is 59.1 Å². The smallest absolute Gasteiger partial charge is 0.311 e. The number of amides is 1. The van der Waals surface area contributed by atoms with Crippen LogP contribution in [0.2, 0.25) is 0 Å². The van der Waals surface area contributed by atoms with Gasteiger partial charge in [0.1, 0.15) is 29.4 Å². The Labute approximate surface area is 215 Å². The van der Waals surface area contributed by atoms with Crippen LogP contribution in [0.1, 0.15) is 11.1 Å². The van der Waals surface area contributed by atoms with E-state index in [0.29, 0.717) is 28.0 Å². The molecule has 4 rings (SSSR count). The van der Waals surface area contributed by atoms with E-state index in [1.807, 2.05) is 0 Å². The van der Waals surface area contributed by atoms with E-state index in [1.54, 1.807) is 49.5 Å². The van der Waals surface area contributed by atoms with Crippen molar-refractivity contribution in [3.05, 3.63) is 83.7 Å². The monoisotopic (exact) mass is 529 g/mol. The number of nitrogens with one attached hydrogen (secondary N) is 1. The van der Waals surface area contributed by atoms with E-state index in [9.17, 15) is 17.6 Å². The van der Waals surface area contributed by atoms with E-state index in [2.05, 4.69) is 5.32 Å². The number of hydrogen-bond acceptors (Lipinski definition) is 8. The second-order valence-electron chi connectivity index (χ2n) is 8.54. The van der Waals surface area contributed by atoms with Gasteiger partial charge in [-0.1, -0.05) is 30.3 Å². The standard InChI is InChI=1S/C26H28FN3O6S/c1-30-24(31)26(29-25(30)28,18-7-9-20(10-8-18)36-37(32,33)14-13-34-2)19-6-4-5-17(15-19)22-16-21(35-3)11-12-23(22)27/h4-12,15-16,25,29H,13-14,28H2,1-3H3. The Morgan fingerprint density at radius 1 is 1.03 bits per heavy atom. The molecular formula is C26H28FN3O6S. The Morgan fingerprint density at radius 2 is 1.73 bits per heavy atom. The maximum atomic E-state index is 14.7. The molecule has 1 aliphatic rings. The van der Waals surface area contributed by atoms with Crippen LogP contribution in [-0.2, 0) is 25.2 Å². The molecule has 196 valence electrons. The molecule has 1 heterocycles. The van der Waals surface area contributed by atoms with Gasteiger partial charge in [0.15, 0.2) is 5.54 Å². The van der Waals surface area contributed by atoms with Gasteiger partial charge in [-0.05, 0) is 53.1 Å². The summed E-state index contributed by atoms with van der Waals surface area (Å²) in [5, 5.41) is 3.17. The van der Waals surface area contributed by atoms with E-state index in [1.165, 1.54) is 43.4 Å². The summed E-state index contributed by atoms with van der Waals surface area (Å²) in [4.78, 5) is 15.0. The van der Waals surface area contributed by atoms with Gasteiger partial charge >= 0.3 is 10.1 Å². The highest BCUT2D eigenvalue weighted by Gasteiger charge is 2.51. The van der Waals surface area contributed by atoms with Gasteiger partial charge < -0.3 is 18.6 Å². The van der Waals surface area contributed by atoms with Crippen LogP contribution in [0.5, 0.6) is 11.5 Å². The van der Waals surface area contributed by atoms with Crippen molar-refractivity contribution in [2.45, 2.75) is 11.8 Å². The molecule has 2 unspecified atom stereocenters. The zero-order chi connectivity index (χ0) is 26.8. The zero-order valence-electron chi connectivity index (χ0n) is 20.6. The third-order valence-corrected chi connectivity index (χ3v) is 7.36. The number of ether oxygens (including phenoxy) is 2. The van der Waals surface area contributed by atoms with Gasteiger partial charge in [-0.3, -0.25) is 15.8 Å². The number of nitrogens with zero attached hydrogens (tertiary/aromatic N) is 1. The predicted molar refractivity (Wildman–Crippen MR) is 136 cm³/mol. The highest BCUT2D eigenvalue weighted by atomic mass is 32.2. The number of likely N-dealkylation sites (N-methyl/N-ethyl adjacent to an activating group) is 1. The van der Waals surface area contributed by atoms with Gasteiger partial charge in [-0.2, -0.15) is 8.42 Å². The molecule has 1 amide bonds. The van der Waals surface area contributed by atoms with Crippen molar-refractivity contribution in [1.29, 1.82) is 0 Å². The molecule has 1 saturated heterocycles. The quantitative estimate of drug-likeness (QED) is 0.406. The molecule has 0 aromatic heterocycles. The van der Waals surface area contributed by atoms with Gasteiger partial charge in [0, 0.05) is 19.7 Å². The molecular weight excluding hydrogens is 501 g/mol. The van der Waals surface area contributed by atoms with Crippen molar-refractivity contribution in [3.8, 4) is 22.6 Å². The van der Waals surface area contributed by atoms with Crippen LogP contribution in [0.15, 0.2) is 66.7 Å². The molecule has 3 aromatic carbocycles. The van der Waals surface area contributed by atoms with Crippen LogP contribution >= 0.6 is 0 Å². The van der Waals surface area contributed by atoms with Crippen molar-refractivity contribution in [2.75, 3.05) is 33.6 Å². The van der Waals surface area contributed by atoms with E-state index in [0.717, 1.165) is 0 Å². The molecule has 9 nitrogen and oxygen atoms in total. The molecule has 3 N–H and O–H groups in total. The maximum Gasteiger partial charge on any atom is 0.311 e. The van der Waals surface area contributed by atoms with Crippen molar-refractivity contribution >= 4 is 16.0 Å². The zero-order valence-corrected chi connectivity index (χ0v) is 21.4. The number of hydrogen-bond donors (Lipinski definition) is 2. The SMILES string of the molecule is COCCS(=O)(=O)Oc1ccc(C2(c3cccc(-c4cc(OC)ccc4F)c3)NC(N)N(C)C2=O)cc1. The fourth-order valence-corrected chi connectivity index (χ4v) is 5.12. The summed E-state index contributed by atoms with van der Waals surface area (Å²) in [7, 11) is 0.619. The Kier molecular flexibility index (Phi) is 7.51. The molecule has 0 spiro atoms. The maximum absolute atomic E-state index is 14.7. The minimum absolute atomic E-state index is 0.00357. The summed E-state index contributed by atoms with van der Waals surface area (Å²) in [6.45, 7) is -0.00357. The van der Waals surface area contributed by atoms with Crippen LogP contribution in [0.4, 0.5) is 4.39 Å². The Balaban J connectivity index is 1.78. The minimum atomic E-state index is -3.85. The Bertz CT molecular complexity index is 1400. The molecule has 1 aliphatic heterocycles. The highest BCUT2D eigenvalue weighted by molar-refractivity contribution is 7.87. The van der Waals surface area contributed by atoms with E-state index in [4.69, 9.17) is 19.4 Å². The number of carbonyl (C=O) groups excluding carboxylic acids is 1. The predicted octanol–water partition coefficient (Wildman–Crippen LogP) is 2.40. The summed E-state index contributed by atoms with van der Waals surface area (Å²) in [5.74, 6) is -0.496. The average molecular weight is 530 g/mol. The Hall–Kier alpha value is -3.51. The van der Waals surface area contributed by atoms with E-state index >= 15 is 0 Å². The molecule has 2 atom stereocenters. The molecule has 0 bridgehead atoms. The van der Waals surface area contributed by atoms with Gasteiger partial charge in [0.05, 0.1) is 13.7 Å². The molecule has 1 fully saturated rings. The van der Waals surface area contributed by atoms with Crippen molar-refractivity contribution in [3.63, 3.8) is 0 Å². The fourth-order valence-electron chi connectivity index (χ4n) is 4.26. The second-order valence-corrected chi connectivity index (χ2v) is 10.2. The number of halogens is 1. The first-order valence-corrected chi connectivity index (χ1v) is 13.0. The van der Waals surface area contributed by atoms with Crippen LogP contribution in [0.3, 0.4) is 0 Å². The lowest BCUT2D eigenvalue weighted by atomic mass is 9.81. The molecule has 0 aliphatic carbocycles. The number of carbonyl (C=O) groups is 1. The summed E-state index contributed by atoms with van der Waals surface area (Å²) in [6, 6.07) is 17.5. The first-order valence-electron chi connectivity index (χ1n) is 11.4. The topological polar surface area (TPSA) is 120 Å². The Morgan fingerprint density at radius 3 is 2.35 bits per heavy atom. The first kappa shape index (κ1) is 26.6.